The topological polar surface area (TPSA) is 0 Å². The predicted molar refractivity (Wildman–Crippen MR) is 93.3 cm³/mol. The molecule has 0 aromatic carbocycles. The molecule has 0 aliphatic rings. The Kier molecular flexibility index (Phi) is 16.5. The van der Waals surface area contributed by atoms with Crippen LogP contribution in [0, 0.1) is 0 Å². The Morgan fingerprint density at radius 2 is 0.722 bits per heavy atom. The summed E-state index contributed by atoms with van der Waals surface area (Å²) in [6.07, 6.45) is 17.9. The first-order valence-electron chi connectivity index (χ1n) is 8.09. The van der Waals surface area contributed by atoms with Gasteiger partial charge in [0.15, 0.2) is 0 Å². The molecule has 0 aromatic heterocycles. The van der Waals surface area contributed by atoms with Gasteiger partial charge < -0.3 is 0 Å². The van der Waals surface area contributed by atoms with Crippen LogP contribution in [0.25, 0.3) is 0 Å². The summed E-state index contributed by atoms with van der Waals surface area (Å²) < 4.78 is 0. The van der Waals surface area contributed by atoms with Crippen molar-refractivity contribution in [3.8, 4) is 0 Å². The molecule has 0 amide bonds. The van der Waals surface area contributed by atoms with Gasteiger partial charge in [-0.25, -0.2) is 0 Å². The molecule has 112 valence electrons. The quantitative estimate of drug-likeness (QED) is 0.355. The smallest absolute Gasteiger partial charge is 0.0594 e. The van der Waals surface area contributed by atoms with Gasteiger partial charge in [0.05, 0.1) is 24.6 Å². The number of hydrogen-bond donors (Lipinski definition) is 0. The molecular weight excluding hydrogens is 259 g/mol. The molecule has 0 aromatic rings. The van der Waals surface area contributed by atoms with E-state index in [-0.39, 0.29) is 12.4 Å². The number of rotatable bonds is 12. The van der Waals surface area contributed by atoms with Crippen molar-refractivity contribution in [3.05, 3.63) is 0 Å². The fourth-order valence-corrected chi connectivity index (χ4v) is 7.93. The minimum Gasteiger partial charge on any atom is -0.147 e. The zero-order valence-corrected chi connectivity index (χ0v) is 15.1. The molecule has 0 bridgehead atoms. The lowest BCUT2D eigenvalue weighted by atomic mass is 10.4. The Labute approximate surface area is 123 Å². The molecule has 18 heavy (non-hydrogen) atoms. The average Bonchev–Trinajstić information content (AvgIpc) is 2.37. The first-order valence-corrected chi connectivity index (χ1v) is 10.6. The van der Waals surface area contributed by atoms with Gasteiger partial charge >= 0.3 is 0 Å². The third-order valence-corrected chi connectivity index (χ3v) is 9.00. The van der Waals surface area contributed by atoms with Crippen molar-refractivity contribution in [2.75, 3.05) is 24.6 Å². The normalized spacial score (nSPS) is 11.3. The second kappa shape index (κ2) is 14.1. The highest BCUT2D eigenvalue weighted by atomic mass is 35.5. The number of hydrogen-bond acceptors (Lipinski definition) is 0. The lowest BCUT2D eigenvalue weighted by Crippen LogP contribution is -2.12. The lowest BCUT2D eigenvalue weighted by Gasteiger charge is -2.28. The monoisotopic (exact) mass is 295 g/mol. The van der Waals surface area contributed by atoms with E-state index in [1.165, 1.54) is 51.4 Å². The molecule has 0 aliphatic heterocycles. The molecular formula is C16H37ClP+. The summed E-state index contributed by atoms with van der Waals surface area (Å²) in [4.78, 5) is 0. The minimum absolute atomic E-state index is 0. The standard InChI is InChI=1S/C16H36P.ClH/c1-5-9-13-17(14-10-6-2,15-11-7-3)16-12-8-4;/h5-16H2,1-4H3;1H/q+1;. The van der Waals surface area contributed by atoms with E-state index in [1.807, 2.05) is 0 Å². The van der Waals surface area contributed by atoms with E-state index in [9.17, 15) is 0 Å². The largest absolute Gasteiger partial charge is 0.147 e. The summed E-state index contributed by atoms with van der Waals surface area (Å²) in [7, 11) is -0.562. The van der Waals surface area contributed by atoms with Crippen molar-refractivity contribution < 1.29 is 0 Å². The van der Waals surface area contributed by atoms with Gasteiger partial charge in [-0.15, -0.1) is 12.4 Å². The van der Waals surface area contributed by atoms with Crippen LogP contribution in [0.4, 0.5) is 0 Å². The molecule has 0 saturated carbocycles. The summed E-state index contributed by atoms with van der Waals surface area (Å²) in [5.41, 5.74) is 0. The first kappa shape index (κ1) is 21.0. The third kappa shape index (κ3) is 9.62. The van der Waals surface area contributed by atoms with E-state index < -0.39 is 7.26 Å². The first-order chi connectivity index (χ1) is 8.24. The van der Waals surface area contributed by atoms with Crippen LogP contribution in [0.15, 0.2) is 0 Å². The fraction of sp³-hybridized carbons (Fsp3) is 1.00. The van der Waals surface area contributed by atoms with Crippen LogP contribution < -0.4 is 0 Å². The highest BCUT2D eigenvalue weighted by molar-refractivity contribution is 7.75. The van der Waals surface area contributed by atoms with Crippen molar-refractivity contribution >= 4 is 19.7 Å². The van der Waals surface area contributed by atoms with Gasteiger partial charge in [0.1, 0.15) is 0 Å². The second-order valence-electron chi connectivity index (χ2n) is 5.65. The van der Waals surface area contributed by atoms with Crippen molar-refractivity contribution in [2.24, 2.45) is 0 Å². The van der Waals surface area contributed by atoms with Crippen LogP contribution in [-0.2, 0) is 0 Å². The third-order valence-electron chi connectivity index (χ3n) is 3.94. The minimum atomic E-state index is -0.562. The molecule has 2 heteroatoms. The Morgan fingerprint density at radius 3 is 0.889 bits per heavy atom. The summed E-state index contributed by atoms with van der Waals surface area (Å²) in [5.74, 6) is 0. The zero-order valence-electron chi connectivity index (χ0n) is 13.3. The van der Waals surface area contributed by atoms with Crippen LogP contribution in [0.2, 0.25) is 0 Å². The highest BCUT2D eigenvalue weighted by Crippen LogP contribution is 2.61. The Balaban J connectivity index is 0. The maximum absolute atomic E-state index is 2.36. The number of unbranched alkanes of at least 4 members (excludes halogenated alkanes) is 4. The van der Waals surface area contributed by atoms with Gasteiger partial charge in [0.25, 0.3) is 0 Å². The zero-order chi connectivity index (χ0) is 13.0. The molecule has 0 nitrogen and oxygen atoms in total. The van der Waals surface area contributed by atoms with Crippen molar-refractivity contribution in [3.63, 3.8) is 0 Å². The summed E-state index contributed by atoms with van der Waals surface area (Å²) >= 11 is 0. The molecule has 0 spiro atoms. The Hall–Kier alpha value is 0.720. The fourth-order valence-electron chi connectivity index (χ4n) is 2.64. The molecule has 0 atom stereocenters. The van der Waals surface area contributed by atoms with E-state index >= 15 is 0 Å². The maximum atomic E-state index is 2.36. The maximum Gasteiger partial charge on any atom is 0.0594 e. The summed E-state index contributed by atoms with van der Waals surface area (Å²) in [6.45, 7) is 9.42. The molecule has 0 aliphatic carbocycles. The van der Waals surface area contributed by atoms with Crippen LogP contribution >= 0.6 is 19.7 Å². The lowest BCUT2D eigenvalue weighted by molar-refractivity contribution is 0.814. The molecule has 0 radical (unpaired) electrons. The van der Waals surface area contributed by atoms with E-state index in [4.69, 9.17) is 0 Å². The molecule has 0 N–H and O–H groups in total. The molecule has 0 fully saturated rings. The predicted octanol–water partition coefficient (Wildman–Crippen LogP) is 6.63. The van der Waals surface area contributed by atoms with E-state index in [2.05, 4.69) is 27.7 Å². The van der Waals surface area contributed by atoms with Crippen molar-refractivity contribution in [1.29, 1.82) is 0 Å². The molecule has 0 rings (SSSR count). The van der Waals surface area contributed by atoms with Gasteiger partial charge in [-0.05, 0) is 25.7 Å². The van der Waals surface area contributed by atoms with Crippen LogP contribution in [0.5, 0.6) is 0 Å². The van der Waals surface area contributed by atoms with Crippen LogP contribution in [0.3, 0.4) is 0 Å². The Morgan fingerprint density at radius 1 is 0.500 bits per heavy atom. The van der Waals surface area contributed by atoms with Gasteiger partial charge in [-0.3, -0.25) is 0 Å². The van der Waals surface area contributed by atoms with E-state index in [0.717, 1.165) is 0 Å². The SMILES string of the molecule is CCCC[P+](CCCC)(CCCC)CCCC.Cl. The molecule has 0 unspecified atom stereocenters. The second-order valence-corrected chi connectivity index (χ2v) is 10.1. The van der Waals surface area contributed by atoms with Gasteiger partial charge in [-0.2, -0.15) is 0 Å². The Bertz CT molecular complexity index is 122. The molecule has 0 heterocycles. The average molecular weight is 296 g/mol. The summed E-state index contributed by atoms with van der Waals surface area (Å²) in [6, 6.07) is 0. The van der Waals surface area contributed by atoms with E-state index in [1.54, 1.807) is 24.6 Å². The summed E-state index contributed by atoms with van der Waals surface area (Å²) in [5, 5.41) is 0. The number of halogens is 1. The molecule has 0 saturated heterocycles. The van der Waals surface area contributed by atoms with Gasteiger partial charge in [0, 0.05) is 7.26 Å². The van der Waals surface area contributed by atoms with Crippen LogP contribution in [-0.4, -0.2) is 24.6 Å². The van der Waals surface area contributed by atoms with Gasteiger partial charge in [0.2, 0.25) is 0 Å². The van der Waals surface area contributed by atoms with Gasteiger partial charge in [-0.1, -0.05) is 53.4 Å². The highest BCUT2D eigenvalue weighted by Gasteiger charge is 2.34. The van der Waals surface area contributed by atoms with Crippen LogP contribution in [0.1, 0.15) is 79.1 Å². The van der Waals surface area contributed by atoms with E-state index in [0.29, 0.717) is 0 Å². The van der Waals surface area contributed by atoms with Crippen molar-refractivity contribution in [2.45, 2.75) is 79.1 Å². The van der Waals surface area contributed by atoms with Crippen molar-refractivity contribution in [1.82, 2.24) is 0 Å².